The fourth-order valence-electron chi connectivity index (χ4n) is 4.53. The van der Waals surface area contributed by atoms with Crippen LogP contribution in [0.3, 0.4) is 0 Å². The summed E-state index contributed by atoms with van der Waals surface area (Å²) in [6.07, 6.45) is 0.675. The normalized spacial score (nSPS) is 19.0. The van der Waals surface area contributed by atoms with Gasteiger partial charge in [-0.3, -0.25) is 14.3 Å². The minimum absolute atomic E-state index is 0.0464. The van der Waals surface area contributed by atoms with Crippen LogP contribution in [0.25, 0.3) is 5.69 Å². The van der Waals surface area contributed by atoms with E-state index in [-0.39, 0.29) is 18.0 Å². The molecule has 10 heteroatoms. The lowest BCUT2D eigenvalue weighted by atomic mass is 9.87. The van der Waals surface area contributed by atoms with Gasteiger partial charge < -0.3 is 24.2 Å². The molecule has 2 aromatic carbocycles. The summed E-state index contributed by atoms with van der Waals surface area (Å²) in [5.74, 6) is 0.0953. The van der Waals surface area contributed by atoms with E-state index in [4.69, 9.17) is 14.2 Å². The summed E-state index contributed by atoms with van der Waals surface area (Å²) < 4.78 is 31.0. The van der Waals surface area contributed by atoms with Crippen LogP contribution in [-0.4, -0.2) is 37.0 Å². The van der Waals surface area contributed by atoms with Crippen molar-refractivity contribution in [1.82, 2.24) is 9.55 Å². The largest absolute Gasteiger partial charge is 0.859 e. The smallest absolute Gasteiger partial charge is 0.332 e. The van der Waals surface area contributed by atoms with Crippen molar-refractivity contribution < 1.29 is 28.6 Å². The van der Waals surface area contributed by atoms with Gasteiger partial charge in [-0.05, 0) is 41.8 Å². The number of ether oxygens (including phenoxy) is 3. The average molecular weight is 441 g/mol. The lowest BCUT2D eigenvalue weighted by Gasteiger charge is -2.35. The molecule has 166 valence electrons. The fraction of sp³-hybridized carbons (Fsp3) is 0.273. The number of aromatic nitrogens is 2. The van der Waals surface area contributed by atoms with Crippen molar-refractivity contribution in [1.29, 1.82) is 0 Å². The Morgan fingerprint density at radius 3 is 2.69 bits per heavy atom. The molecule has 9 nitrogen and oxygen atoms in total. The molecule has 0 saturated carbocycles. The Bertz CT molecular complexity index is 1330. The molecule has 2 atom stereocenters. The molecule has 0 saturated heterocycles. The number of aromatic amines is 1. The Morgan fingerprint density at radius 1 is 1.22 bits per heavy atom. The molecule has 2 N–H and O–H groups in total. The highest BCUT2D eigenvalue weighted by Crippen LogP contribution is 2.48. The summed E-state index contributed by atoms with van der Waals surface area (Å²) in [4.78, 5) is 28.6. The highest BCUT2D eigenvalue weighted by Gasteiger charge is 2.39. The minimum atomic E-state index is -0.887. The summed E-state index contributed by atoms with van der Waals surface area (Å²) in [6, 6.07) is 6.03. The third-order valence-corrected chi connectivity index (χ3v) is 5.99. The Balaban J connectivity index is 1.78. The van der Waals surface area contributed by atoms with Crippen LogP contribution in [0.4, 0.5) is 4.39 Å². The van der Waals surface area contributed by atoms with Gasteiger partial charge in [-0.15, -0.1) is 0 Å². The van der Waals surface area contributed by atoms with E-state index in [1.54, 1.807) is 0 Å². The van der Waals surface area contributed by atoms with Crippen molar-refractivity contribution in [3.63, 3.8) is 0 Å². The average Bonchev–Trinajstić information content (AvgIpc) is 3.23. The number of benzene rings is 2. The van der Waals surface area contributed by atoms with Crippen molar-refractivity contribution >= 4 is 0 Å². The van der Waals surface area contributed by atoms with Gasteiger partial charge in [-0.25, -0.2) is 9.18 Å². The molecular formula is C22H20FN3O6. The van der Waals surface area contributed by atoms with Gasteiger partial charge in [-0.1, -0.05) is 0 Å². The van der Waals surface area contributed by atoms with Gasteiger partial charge >= 0.3 is 5.69 Å². The van der Waals surface area contributed by atoms with Gasteiger partial charge in [0.2, 0.25) is 12.5 Å². The number of likely N-dealkylation sites (N-methyl/N-ethyl adjacent to an activating group) is 1. The molecule has 3 aromatic rings. The van der Waals surface area contributed by atoms with Gasteiger partial charge in [0.1, 0.15) is 11.9 Å². The Labute approximate surface area is 181 Å². The van der Waals surface area contributed by atoms with Crippen LogP contribution in [0.2, 0.25) is 0 Å². The van der Waals surface area contributed by atoms with E-state index in [9.17, 15) is 19.1 Å². The predicted octanol–water partition coefficient (Wildman–Crippen LogP) is -0.364. The molecule has 0 amide bonds. The lowest BCUT2D eigenvalue weighted by Crippen LogP contribution is -3.10. The van der Waals surface area contributed by atoms with E-state index in [0.717, 1.165) is 27.2 Å². The molecule has 2 aliphatic rings. The first-order valence-corrected chi connectivity index (χ1v) is 10.0. The molecular weight excluding hydrogens is 421 g/mol. The zero-order valence-corrected chi connectivity index (χ0v) is 17.4. The molecule has 0 bridgehead atoms. The van der Waals surface area contributed by atoms with Gasteiger partial charge in [-0.2, -0.15) is 0 Å². The van der Waals surface area contributed by atoms with Gasteiger partial charge in [0.25, 0.3) is 5.56 Å². The predicted molar refractivity (Wildman–Crippen MR) is 108 cm³/mol. The first kappa shape index (κ1) is 20.1. The number of fused-ring (bicyclic) bond motifs is 2. The van der Waals surface area contributed by atoms with E-state index in [0.29, 0.717) is 35.8 Å². The van der Waals surface area contributed by atoms with Crippen molar-refractivity contribution in [3.05, 3.63) is 73.7 Å². The molecule has 1 aromatic heterocycles. The maximum atomic E-state index is 13.5. The zero-order valence-electron chi connectivity index (χ0n) is 17.4. The second-order valence-electron chi connectivity index (χ2n) is 7.79. The van der Waals surface area contributed by atoms with Crippen LogP contribution in [0.1, 0.15) is 22.7 Å². The molecule has 2 unspecified atom stereocenters. The number of quaternary nitrogens is 1. The summed E-state index contributed by atoms with van der Waals surface area (Å²) in [5.41, 5.74) is -0.0841. The van der Waals surface area contributed by atoms with Crippen molar-refractivity contribution in [3.8, 4) is 28.8 Å². The van der Waals surface area contributed by atoms with Gasteiger partial charge in [0, 0.05) is 12.1 Å². The fourth-order valence-corrected chi connectivity index (χ4v) is 4.53. The standard InChI is InChI=1S/C22H20FN3O6/c1-25-8-7-11-9-14-18(32-10-31-14)19(30-2)15(11)17(25)16-20(27)24-22(29)26(21(16)28)13-5-3-12(23)4-6-13/h3-6,9,17,28H,7-8,10H2,1-2H3,(H,24,27,29). The van der Waals surface area contributed by atoms with Crippen LogP contribution in [0, 0.1) is 5.82 Å². The Kier molecular flexibility index (Phi) is 4.66. The number of hydrogen-bond donors (Lipinski definition) is 2. The topological polar surface area (TPSA) is 110 Å². The molecule has 2 aliphatic heterocycles. The molecule has 0 aliphatic carbocycles. The van der Waals surface area contributed by atoms with E-state index >= 15 is 0 Å². The number of methoxy groups -OCH3 is 1. The number of rotatable bonds is 3. The highest BCUT2D eigenvalue weighted by molar-refractivity contribution is 5.62. The quantitative estimate of drug-likeness (QED) is 0.574. The van der Waals surface area contributed by atoms with Crippen molar-refractivity contribution in [2.75, 3.05) is 27.5 Å². The van der Waals surface area contributed by atoms with E-state index in [2.05, 4.69) is 4.98 Å². The van der Waals surface area contributed by atoms with Crippen molar-refractivity contribution in [2.45, 2.75) is 12.5 Å². The van der Waals surface area contributed by atoms with Gasteiger partial charge in [0.05, 0.1) is 31.8 Å². The third kappa shape index (κ3) is 2.94. The molecule has 32 heavy (non-hydrogen) atoms. The van der Waals surface area contributed by atoms with E-state index in [1.165, 1.54) is 19.2 Å². The maximum absolute atomic E-state index is 13.5. The molecule has 3 heterocycles. The number of H-pyrrole nitrogens is 1. The van der Waals surface area contributed by atoms with Crippen molar-refractivity contribution in [2.24, 2.45) is 0 Å². The second-order valence-corrected chi connectivity index (χ2v) is 7.79. The number of nitrogens with zero attached hydrogens (tertiary/aromatic N) is 1. The van der Waals surface area contributed by atoms with Crippen LogP contribution >= 0.6 is 0 Å². The summed E-state index contributed by atoms with van der Waals surface area (Å²) in [6.45, 7) is 0.680. The molecule has 0 fully saturated rings. The maximum Gasteiger partial charge on any atom is 0.332 e. The molecule has 0 spiro atoms. The first-order valence-electron chi connectivity index (χ1n) is 10.0. The summed E-state index contributed by atoms with van der Waals surface area (Å²) in [5, 5.41) is 13.5. The van der Waals surface area contributed by atoms with E-state index in [1.807, 2.05) is 13.1 Å². The molecule has 0 radical (unpaired) electrons. The minimum Gasteiger partial charge on any atom is -0.859 e. The lowest BCUT2D eigenvalue weighted by molar-refractivity contribution is -0.908. The van der Waals surface area contributed by atoms with E-state index < -0.39 is 29.0 Å². The summed E-state index contributed by atoms with van der Waals surface area (Å²) in [7, 11) is 3.35. The Morgan fingerprint density at radius 2 is 1.97 bits per heavy atom. The third-order valence-electron chi connectivity index (χ3n) is 5.99. The number of halogens is 1. The first-order chi connectivity index (χ1) is 15.4. The molecule has 5 rings (SSSR count). The summed E-state index contributed by atoms with van der Waals surface area (Å²) >= 11 is 0. The Hall–Kier alpha value is -3.79. The van der Waals surface area contributed by atoms with Crippen LogP contribution in [-0.2, 0) is 6.42 Å². The van der Waals surface area contributed by atoms with Crippen LogP contribution in [0.15, 0.2) is 39.9 Å². The van der Waals surface area contributed by atoms with Crippen LogP contribution < -0.4 is 35.5 Å². The SMILES string of the molecule is COc1c2c(cc3c1C(c1c([O-])n(-c4ccc(F)cc4)c(=O)[nH]c1=O)[NH+](C)CC3)OCO2. The monoisotopic (exact) mass is 441 g/mol. The number of nitrogens with one attached hydrogen (secondary N) is 2. The second kappa shape index (κ2) is 7.41. The number of hydrogen-bond acceptors (Lipinski definition) is 6. The highest BCUT2D eigenvalue weighted by atomic mass is 19.1. The zero-order chi connectivity index (χ0) is 22.6. The van der Waals surface area contributed by atoms with Crippen LogP contribution in [0.5, 0.6) is 23.1 Å². The van der Waals surface area contributed by atoms with Gasteiger partial charge in [0.15, 0.2) is 11.5 Å².